The van der Waals surface area contributed by atoms with Gasteiger partial charge in [-0.15, -0.1) is 0 Å². The van der Waals surface area contributed by atoms with Crippen LogP contribution in [0.3, 0.4) is 0 Å². The Morgan fingerprint density at radius 2 is 2.07 bits per heavy atom. The maximum atomic E-state index is 8.83. The van der Waals surface area contributed by atoms with E-state index in [1.165, 1.54) is 0 Å². The molecule has 78 valence electrons. The first-order chi connectivity index (χ1) is 7.33. The van der Waals surface area contributed by atoms with Crippen LogP contribution in [0.25, 0.3) is 11.3 Å². The smallest absolute Gasteiger partial charge is 0.162 e. The number of aliphatic hydroxyl groups excluding tert-OH is 1. The summed E-state index contributed by atoms with van der Waals surface area (Å²) < 4.78 is 9.94. The SMILES string of the molecule is COc1ccc(-c2cc(CO)on2)cc1. The fraction of sp³-hybridized carbons (Fsp3) is 0.182. The topological polar surface area (TPSA) is 55.5 Å². The molecule has 0 spiro atoms. The quantitative estimate of drug-likeness (QED) is 0.830. The van der Waals surface area contributed by atoms with Crippen LogP contribution in [0.4, 0.5) is 0 Å². The molecule has 0 aliphatic rings. The zero-order valence-electron chi connectivity index (χ0n) is 8.30. The van der Waals surface area contributed by atoms with Gasteiger partial charge in [0.25, 0.3) is 0 Å². The largest absolute Gasteiger partial charge is 0.497 e. The number of hydrogen-bond donors (Lipinski definition) is 1. The van der Waals surface area contributed by atoms with E-state index >= 15 is 0 Å². The predicted molar refractivity (Wildman–Crippen MR) is 54.4 cm³/mol. The maximum Gasteiger partial charge on any atom is 0.162 e. The average Bonchev–Trinajstić information content (AvgIpc) is 2.78. The molecule has 0 bridgehead atoms. The van der Waals surface area contributed by atoms with Gasteiger partial charge >= 0.3 is 0 Å². The van der Waals surface area contributed by atoms with Crippen molar-refractivity contribution < 1.29 is 14.4 Å². The van der Waals surface area contributed by atoms with Crippen molar-refractivity contribution in [1.82, 2.24) is 5.16 Å². The summed E-state index contributed by atoms with van der Waals surface area (Å²) in [7, 11) is 1.62. The molecule has 0 atom stereocenters. The summed E-state index contributed by atoms with van der Waals surface area (Å²) in [5.74, 6) is 1.26. The summed E-state index contributed by atoms with van der Waals surface area (Å²) in [6.45, 7) is -0.136. The van der Waals surface area contributed by atoms with Gasteiger partial charge in [0.1, 0.15) is 18.1 Å². The Kier molecular flexibility index (Phi) is 2.69. The Morgan fingerprint density at radius 3 is 2.60 bits per heavy atom. The summed E-state index contributed by atoms with van der Waals surface area (Å²) in [6.07, 6.45) is 0. The lowest BCUT2D eigenvalue weighted by atomic mass is 10.1. The second-order valence-electron chi connectivity index (χ2n) is 3.07. The number of benzene rings is 1. The molecule has 0 radical (unpaired) electrons. The zero-order chi connectivity index (χ0) is 10.7. The van der Waals surface area contributed by atoms with Crippen molar-refractivity contribution >= 4 is 0 Å². The fourth-order valence-electron chi connectivity index (χ4n) is 1.29. The van der Waals surface area contributed by atoms with Crippen molar-refractivity contribution in [2.45, 2.75) is 6.61 Å². The highest BCUT2D eigenvalue weighted by Gasteiger charge is 2.05. The Morgan fingerprint density at radius 1 is 1.33 bits per heavy atom. The van der Waals surface area contributed by atoms with Gasteiger partial charge in [0, 0.05) is 11.6 Å². The van der Waals surface area contributed by atoms with E-state index in [2.05, 4.69) is 5.16 Å². The molecule has 0 aliphatic carbocycles. The van der Waals surface area contributed by atoms with Gasteiger partial charge in [0.2, 0.25) is 0 Å². The van der Waals surface area contributed by atoms with Crippen LogP contribution in [0.5, 0.6) is 5.75 Å². The van der Waals surface area contributed by atoms with Crippen LogP contribution in [0, 0.1) is 0 Å². The minimum atomic E-state index is -0.136. The van der Waals surface area contributed by atoms with Gasteiger partial charge in [-0.2, -0.15) is 0 Å². The van der Waals surface area contributed by atoms with E-state index in [1.54, 1.807) is 13.2 Å². The van der Waals surface area contributed by atoms with E-state index in [0.29, 0.717) is 11.5 Å². The number of hydrogen-bond acceptors (Lipinski definition) is 4. The fourth-order valence-corrected chi connectivity index (χ4v) is 1.29. The van der Waals surface area contributed by atoms with Crippen LogP contribution < -0.4 is 4.74 Å². The van der Waals surface area contributed by atoms with Crippen LogP contribution in [0.1, 0.15) is 5.76 Å². The maximum absolute atomic E-state index is 8.83. The van der Waals surface area contributed by atoms with E-state index in [1.807, 2.05) is 24.3 Å². The first-order valence-corrected chi connectivity index (χ1v) is 4.54. The minimum absolute atomic E-state index is 0.136. The van der Waals surface area contributed by atoms with Gasteiger partial charge in [0.15, 0.2) is 5.76 Å². The van der Waals surface area contributed by atoms with Crippen LogP contribution in [-0.4, -0.2) is 17.4 Å². The van der Waals surface area contributed by atoms with Crippen molar-refractivity contribution in [3.63, 3.8) is 0 Å². The molecule has 1 aromatic carbocycles. The number of nitrogens with zero attached hydrogens (tertiary/aromatic N) is 1. The number of aliphatic hydroxyl groups is 1. The monoisotopic (exact) mass is 205 g/mol. The molecule has 0 amide bonds. The average molecular weight is 205 g/mol. The lowest BCUT2D eigenvalue weighted by Gasteiger charge is -1.99. The van der Waals surface area contributed by atoms with Gasteiger partial charge in [-0.05, 0) is 24.3 Å². The third kappa shape index (κ3) is 1.99. The summed E-state index contributed by atoms with van der Waals surface area (Å²) in [5.41, 5.74) is 1.64. The highest BCUT2D eigenvalue weighted by molar-refractivity contribution is 5.59. The molecular weight excluding hydrogens is 194 g/mol. The Balaban J connectivity index is 2.28. The van der Waals surface area contributed by atoms with Crippen molar-refractivity contribution in [1.29, 1.82) is 0 Å². The lowest BCUT2D eigenvalue weighted by Crippen LogP contribution is -1.82. The lowest BCUT2D eigenvalue weighted by molar-refractivity contribution is 0.229. The van der Waals surface area contributed by atoms with Gasteiger partial charge < -0.3 is 14.4 Å². The van der Waals surface area contributed by atoms with Crippen LogP contribution >= 0.6 is 0 Å². The normalized spacial score (nSPS) is 10.3. The third-order valence-electron chi connectivity index (χ3n) is 2.10. The van der Waals surface area contributed by atoms with E-state index < -0.39 is 0 Å². The van der Waals surface area contributed by atoms with E-state index in [0.717, 1.165) is 11.3 Å². The van der Waals surface area contributed by atoms with Crippen LogP contribution in [0.15, 0.2) is 34.9 Å². The van der Waals surface area contributed by atoms with Gasteiger partial charge in [-0.3, -0.25) is 0 Å². The summed E-state index contributed by atoms with van der Waals surface area (Å²) in [6, 6.07) is 9.18. The molecule has 0 saturated heterocycles. The molecule has 0 unspecified atom stereocenters. The van der Waals surface area contributed by atoms with E-state index in [-0.39, 0.29) is 6.61 Å². The predicted octanol–water partition coefficient (Wildman–Crippen LogP) is 1.84. The Bertz CT molecular complexity index is 433. The zero-order valence-corrected chi connectivity index (χ0v) is 8.30. The number of aromatic nitrogens is 1. The summed E-state index contributed by atoms with van der Waals surface area (Å²) in [5, 5.41) is 12.7. The van der Waals surface area contributed by atoms with Crippen molar-refractivity contribution in [3.8, 4) is 17.0 Å². The standard InChI is InChI=1S/C11H11NO3/c1-14-9-4-2-8(3-5-9)11-6-10(7-13)15-12-11/h2-6,13H,7H2,1H3. The van der Waals surface area contributed by atoms with Crippen molar-refractivity contribution in [2.24, 2.45) is 0 Å². The number of methoxy groups -OCH3 is 1. The summed E-state index contributed by atoms with van der Waals surface area (Å²) in [4.78, 5) is 0. The molecule has 2 aromatic rings. The van der Waals surface area contributed by atoms with Gasteiger partial charge in [-0.1, -0.05) is 5.16 Å². The highest BCUT2D eigenvalue weighted by Crippen LogP contribution is 2.21. The van der Waals surface area contributed by atoms with Crippen LogP contribution in [0.2, 0.25) is 0 Å². The second kappa shape index (κ2) is 4.14. The minimum Gasteiger partial charge on any atom is -0.497 e. The third-order valence-corrected chi connectivity index (χ3v) is 2.10. The molecule has 15 heavy (non-hydrogen) atoms. The molecule has 0 fully saturated rings. The van der Waals surface area contributed by atoms with E-state index in [4.69, 9.17) is 14.4 Å². The first kappa shape index (κ1) is 9.73. The summed E-state index contributed by atoms with van der Waals surface area (Å²) >= 11 is 0. The molecule has 1 aromatic heterocycles. The molecule has 4 heteroatoms. The molecular formula is C11H11NO3. The van der Waals surface area contributed by atoms with Crippen molar-refractivity contribution in [2.75, 3.05) is 7.11 Å². The highest BCUT2D eigenvalue weighted by atomic mass is 16.5. The van der Waals surface area contributed by atoms with Crippen LogP contribution in [-0.2, 0) is 6.61 Å². The molecule has 1 N–H and O–H groups in total. The Labute approximate surface area is 87.1 Å². The molecule has 2 rings (SSSR count). The van der Waals surface area contributed by atoms with Crippen molar-refractivity contribution in [3.05, 3.63) is 36.1 Å². The number of rotatable bonds is 3. The van der Waals surface area contributed by atoms with Gasteiger partial charge in [0.05, 0.1) is 7.11 Å². The van der Waals surface area contributed by atoms with E-state index in [9.17, 15) is 0 Å². The molecule has 0 aliphatic heterocycles. The molecule has 0 saturated carbocycles. The Hall–Kier alpha value is -1.81. The molecule has 4 nitrogen and oxygen atoms in total. The first-order valence-electron chi connectivity index (χ1n) is 4.54. The number of ether oxygens (including phenoxy) is 1. The second-order valence-corrected chi connectivity index (χ2v) is 3.07. The van der Waals surface area contributed by atoms with Gasteiger partial charge in [-0.25, -0.2) is 0 Å². The molecule has 1 heterocycles.